The van der Waals surface area contributed by atoms with Gasteiger partial charge in [-0.15, -0.1) is 10.8 Å². The third-order valence-corrected chi connectivity index (χ3v) is 10.3. The van der Waals surface area contributed by atoms with E-state index in [1.165, 1.54) is 20.2 Å². The van der Waals surface area contributed by atoms with Crippen LogP contribution in [0.25, 0.3) is 56.6 Å². The molecule has 0 saturated heterocycles. The van der Waals surface area contributed by atoms with Crippen LogP contribution in [0.4, 0.5) is 5.69 Å². The summed E-state index contributed by atoms with van der Waals surface area (Å²) in [4.78, 5) is 3.85. The van der Waals surface area contributed by atoms with Crippen molar-refractivity contribution in [2.75, 3.05) is 0 Å². The van der Waals surface area contributed by atoms with Gasteiger partial charge in [0.2, 0.25) is 5.69 Å². The molecule has 0 saturated carbocycles. The fourth-order valence-corrected chi connectivity index (χ4v) is 8.23. The summed E-state index contributed by atoms with van der Waals surface area (Å²) in [6.45, 7) is 11.9. The predicted molar refractivity (Wildman–Crippen MR) is 174 cm³/mol. The van der Waals surface area contributed by atoms with E-state index in [0.29, 0.717) is 22.6 Å². The van der Waals surface area contributed by atoms with E-state index in [1.807, 2.05) is 50.2 Å². The smallest absolute Gasteiger partial charge is 0.276 e. The normalized spacial score (nSPS) is 11.6. The van der Waals surface area contributed by atoms with Crippen molar-refractivity contribution in [2.24, 2.45) is 0 Å². The molecule has 0 aliphatic carbocycles. The van der Waals surface area contributed by atoms with Crippen molar-refractivity contribution in [1.82, 2.24) is 19.6 Å². The molecule has 212 valence electrons. The molecule has 0 radical (unpaired) electrons. The Bertz CT molecular complexity index is 2310. The van der Waals surface area contributed by atoms with Crippen LogP contribution in [0.3, 0.4) is 0 Å². The maximum atomic E-state index is 10.2. The van der Waals surface area contributed by atoms with E-state index in [9.17, 15) is 5.26 Å². The van der Waals surface area contributed by atoms with Crippen LogP contribution in [0.5, 0.6) is 0 Å². The third kappa shape index (κ3) is 4.14. The van der Waals surface area contributed by atoms with E-state index < -0.39 is 5.41 Å². The van der Waals surface area contributed by atoms with Crippen molar-refractivity contribution in [3.8, 4) is 17.4 Å². The second-order valence-electron chi connectivity index (χ2n) is 10.8. The Morgan fingerprint density at radius 1 is 0.773 bits per heavy atom. The van der Waals surface area contributed by atoms with Crippen LogP contribution >= 0.6 is 22.7 Å². The number of hydrogen-bond acceptors (Lipinski definition) is 5. The van der Waals surface area contributed by atoms with Gasteiger partial charge in [-0.2, -0.15) is 51.9 Å². The van der Waals surface area contributed by atoms with Crippen LogP contribution in [0.1, 0.15) is 30.8 Å². The maximum Gasteiger partial charge on any atom is 2.00 e. The molecule has 4 heterocycles. The predicted octanol–water partition coefficient (Wildman–Crippen LogP) is 9.14. The van der Waals surface area contributed by atoms with Crippen LogP contribution in [0.15, 0.2) is 85.2 Å². The minimum Gasteiger partial charge on any atom is -0.276 e. The Morgan fingerprint density at radius 2 is 1.30 bits per heavy atom. The van der Waals surface area contributed by atoms with Crippen molar-refractivity contribution in [3.05, 3.63) is 126 Å². The molecule has 0 bridgehead atoms. The summed E-state index contributed by atoms with van der Waals surface area (Å²) in [5.41, 5.74) is 2.69. The summed E-state index contributed by atoms with van der Waals surface area (Å²) in [5, 5.41) is 24.8. The van der Waals surface area contributed by atoms with E-state index in [4.69, 9.17) is 16.8 Å². The molecular weight excluding hydrogens is 764 g/mol. The van der Waals surface area contributed by atoms with Gasteiger partial charge in [-0.3, -0.25) is 9.36 Å². The van der Waals surface area contributed by atoms with E-state index in [0.717, 1.165) is 31.5 Å². The molecule has 44 heavy (non-hydrogen) atoms. The van der Waals surface area contributed by atoms with Crippen LogP contribution < -0.4 is 0 Å². The fourth-order valence-electron chi connectivity index (χ4n) is 5.84. The fraction of sp³-hybridized carbons (Fsp3) is 0.0857. The number of fused-ring (bicyclic) bond motifs is 6. The van der Waals surface area contributed by atoms with Crippen LogP contribution in [-0.4, -0.2) is 19.6 Å². The van der Waals surface area contributed by atoms with Crippen molar-refractivity contribution in [1.29, 1.82) is 5.26 Å². The van der Waals surface area contributed by atoms with Crippen molar-refractivity contribution >= 4 is 68.7 Å². The average molecular weight is 784 g/mol. The Kier molecular flexibility index (Phi) is 6.75. The molecule has 4 aromatic heterocycles. The van der Waals surface area contributed by atoms with Gasteiger partial charge in [0.25, 0.3) is 0 Å². The second-order valence-corrected chi connectivity index (χ2v) is 12.9. The van der Waals surface area contributed by atoms with Crippen LogP contribution in [-0.2, 0) is 26.5 Å². The topological polar surface area (TPSA) is 63.8 Å². The van der Waals surface area contributed by atoms with E-state index in [2.05, 4.69) is 59.4 Å². The minimum atomic E-state index is -0.844. The number of nitrogens with zero attached hydrogens (tertiary/aromatic N) is 6. The molecule has 0 atom stereocenters. The van der Waals surface area contributed by atoms with Gasteiger partial charge in [0.05, 0.1) is 23.5 Å². The van der Waals surface area contributed by atoms with E-state index in [1.54, 1.807) is 44.4 Å². The molecule has 9 heteroatoms. The molecular formula is C35H20N6PtS2. The van der Waals surface area contributed by atoms with Crippen LogP contribution in [0, 0.1) is 30.0 Å². The monoisotopic (exact) mass is 783 g/mol. The zero-order chi connectivity index (χ0) is 29.3. The average Bonchev–Trinajstić information content (AvgIpc) is 3.82. The number of thiophene rings is 2. The summed E-state index contributed by atoms with van der Waals surface area (Å²) in [7, 11) is 0. The molecule has 0 aliphatic heterocycles. The molecule has 0 fully saturated rings. The quantitative estimate of drug-likeness (QED) is 0.167. The minimum absolute atomic E-state index is 0. The van der Waals surface area contributed by atoms with Gasteiger partial charge in [-0.05, 0) is 57.5 Å². The Hall–Kier alpha value is -4.59. The molecule has 0 spiro atoms. The number of benzene rings is 4. The van der Waals surface area contributed by atoms with Gasteiger partial charge < -0.3 is 0 Å². The zero-order valence-electron chi connectivity index (χ0n) is 23.4. The summed E-state index contributed by atoms with van der Waals surface area (Å²) in [6, 6.07) is 33.6. The van der Waals surface area contributed by atoms with Gasteiger partial charge in [-0.1, -0.05) is 36.4 Å². The Labute approximate surface area is 275 Å². The van der Waals surface area contributed by atoms with Crippen LogP contribution in [0.2, 0.25) is 0 Å². The van der Waals surface area contributed by atoms with Gasteiger partial charge in [0, 0.05) is 27.2 Å². The van der Waals surface area contributed by atoms with E-state index >= 15 is 0 Å². The van der Waals surface area contributed by atoms with Crippen molar-refractivity contribution in [3.63, 3.8) is 0 Å². The van der Waals surface area contributed by atoms with E-state index in [-0.39, 0.29) is 21.1 Å². The third-order valence-electron chi connectivity index (χ3n) is 7.93. The van der Waals surface area contributed by atoms with Gasteiger partial charge in [0.1, 0.15) is 6.07 Å². The Balaban J connectivity index is 0.00000312. The van der Waals surface area contributed by atoms with Crippen molar-refractivity contribution < 1.29 is 21.1 Å². The summed E-state index contributed by atoms with van der Waals surface area (Å²) >= 11 is 3.37. The Morgan fingerprint density at radius 3 is 1.84 bits per heavy atom. The van der Waals surface area contributed by atoms with Gasteiger partial charge in [-0.25, -0.2) is 27.5 Å². The zero-order valence-corrected chi connectivity index (χ0v) is 27.3. The number of rotatable bonds is 4. The first-order valence-electron chi connectivity index (χ1n) is 13.6. The first-order valence-corrected chi connectivity index (χ1v) is 15.2. The summed E-state index contributed by atoms with van der Waals surface area (Å²) in [6.07, 6.45) is 3.52. The largest absolute Gasteiger partial charge is 2.00 e. The van der Waals surface area contributed by atoms with Crippen molar-refractivity contribution in [2.45, 2.75) is 19.3 Å². The molecule has 8 rings (SSSR count). The maximum absolute atomic E-state index is 10.2. The molecule has 0 unspecified atom stereocenters. The summed E-state index contributed by atoms with van der Waals surface area (Å²) < 4.78 is 7.97. The van der Waals surface area contributed by atoms with Gasteiger partial charge >= 0.3 is 21.1 Å². The first-order chi connectivity index (χ1) is 21.0. The molecule has 8 aromatic rings. The molecule has 4 aromatic carbocycles. The second kappa shape index (κ2) is 10.5. The standard InChI is InChI=1S/C35H20N6S2.Pt/c1-35(2,33-21(18-36)19-40(38-33)27-14-8-12-24-22-10-4-6-16-29(22)42-31(24)27)34-26(37-3)20-41(39-34)28-15-9-13-25-23-11-5-7-17-30(23)43-32(25)28;/h4-13,16-17,19-20H,1-2H3;/q-2;+2. The molecule has 0 N–H and O–H groups in total. The summed E-state index contributed by atoms with van der Waals surface area (Å²) in [5.74, 6) is 0. The molecule has 6 nitrogen and oxygen atoms in total. The SMILES string of the molecule is [C-]#[N+]c1cn(-c2[c-]ccc3c2sc2ccccc23)nc1C(C)(C)c1nn(-c2[c-]ccc3c2sc2ccccc23)cc1C#N.[Pt+2]. The molecule has 0 amide bonds. The number of hydrogen-bond donors (Lipinski definition) is 0. The first kappa shape index (κ1) is 28.2. The van der Waals surface area contributed by atoms with Gasteiger partial charge in [0.15, 0.2) is 0 Å². The molecule has 0 aliphatic rings. The number of aromatic nitrogens is 4. The number of nitriles is 1.